The molecule has 4 heteroatoms. The molecular weight excluding hydrogens is 258 g/mol. The number of thiol groups is 1. The molecule has 0 unspecified atom stereocenters. The van der Waals surface area contributed by atoms with Crippen molar-refractivity contribution in [2.75, 3.05) is 12.3 Å². The standard InChI is InChI=1S/C15H25NO2S/c1-3-4-5-6-7-8-9-10-11-15(18)16(12-13-19)14(2)17/h8,10,19H,3-7,11-13H2,1-2H3. The van der Waals surface area contributed by atoms with Gasteiger partial charge in [-0.15, -0.1) is 5.73 Å². The maximum absolute atomic E-state index is 11.7. The van der Waals surface area contributed by atoms with Crippen LogP contribution < -0.4 is 0 Å². The van der Waals surface area contributed by atoms with E-state index in [0.717, 1.165) is 6.42 Å². The summed E-state index contributed by atoms with van der Waals surface area (Å²) < 4.78 is 0. The zero-order chi connectivity index (χ0) is 14.5. The van der Waals surface area contributed by atoms with Crippen molar-refractivity contribution in [3.8, 4) is 0 Å². The van der Waals surface area contributed by atoms with Gasteiger partial charge < -0.3 is 0 Å². The Labute approximate surface area is 122 Å². The zero-order valence-electron chi connectivity index (χ0n) is 12.0. The van der Waals surface area contributed by atoms with Gasteiger partial charge in [-0.1, -0.05) is 26.2 Å². The van der Waals surface area contributed by atoms with Crippen LogP contribution in [0.4, 0.5) is 0 Å². The Bertz CT molecular complexity index is 333. The summed E-state index contributed by atoms with van der Waals surface area (Å²) in [4.78, 5) is 24.2. The first kappa shape index (κ1) is 18.0. The van der Waals surface area contributed by atoms with Crippen molar-refractivity contribution in [3.05, 3.63) is 17.9 Å². The van der Waals surface area contributed by atoms with Gasteiger partial charge in [0.05, 0.1) is 6.42 Å². The second kappa shape index (κ2) is 12.1. The topological polar surface area (TPSA) is 37.4 Å². The summed E-state index contributed by atoms with van der Waals surface area (Å²) in [5.74, 6) is 0.0758. The fourth-order valence-electron chi connectivity index (χ4n) is 1.65. The minimum atomic E-state index is -0.226. The first-order valence-corrected chi connectivity index (χ1v) is 7.57. The molecule has 0 aromatic rings. The van der Waals surface area contributed by atoms with E-state index < -0.39 is 0 Å². The lowest BCUT2D eigenvalue weighted by Crippen LogP contribution is -2.36. The third-order valence-electron chi connectivity index (χ3n) is 2.72. The number of carbonyl (C=O) groups excluding carboxylic acids is 2. The second-order valence-corrected chi connectivity index (χ2v) is 4.86. The molecule has 0 saturated heterocycles. The molecular formula is C15H25NO2S. The molecule has 0 aliphatic heterocycles. The van der Waals surface area contributed by atoms with Crippen molar-refractivity contribution in [1.82, 2.24) is 4.90 Å². The lowest BCUT2D eigenvalue weighted by molar-refractivity contribution is -0.142. The number of amides is 2. The first-order chi connectivity index (χ1) is 9.13. The van der Waals surface area contributed by atoms with Crippen LogP contribution in [0.1, 0.15) is 52.4 Å². The average molecular weight is 283 g/mol. The second-order valence-electron chi connectivity index (χ2n) is 4.42. The quantitative estimate of drug-likeness (QED) is 0.400. The van der Waals surface area contributed by atoms with Gasteiger partial charge in [0.25, 0.3) is 0 Å². The highest BCUT2D eigenvalue weighted by atomic mass is 32.1. The normalized spacial score (nSPS) is 9.63. The van der Waals surface area contributed by atoms with E-state index in [4.69, 9.17) is 0 Å². The predicted molar refractivity (Wildman–Crippen MR) is 82.3 cm³/mol. The Hall–Kier alpha value is -0.990. The molecule has 0 aliphatic carbocycles. The highest BCUT2D eigenvalue weighted by Crippen LogP contribution is 2.02. The molecule has 0 heterocycles. The smallest absolute Gasteiger partial charge is 0.233 e. The van der Waals surface area contributed by atoms with Crippen LogP contribution in [-0.2, 0) is 9.59 Å². The Morgan fingerprint density at radius 1 is 1.21 bits per heavy atom. The van der Waals surface area contributed by atoms with Gasteiger partial charge in [-0.3, -0.25) is 14.5 Å². The average Bonchev–Trinajstić information content (AvgIpc) is 2.38. The number of carbonyl (C=O) groups is 2. The molecule has 0 fully saturated rings. The Morgan fingerprint density at radius 2 is 1.95 bits per heavy atom. The van der Waals surface area contributed by atoms with Crippen LogP contribution in [0.3, 0.4) is 0 Å². The van der Waals surface area contributed by atoms with E-state index >= 15 is 0 Å². The summed E-state index contributed by atoms with van der Waals surface area (Å²) in [5, 5.41) is 0. The minimum absolute atomic E-state index is 0.187. The van der Waals surface area contributed by atoms with Crippen LogP contribution in [-0.4, -0.2) is 29.0 Å². The Morgan fingerprint density at radius 3 is 2.53 bits per heavy atom. The van der Waals surface area contributed by atoms with Crippen LogP contribution in [0.15, 0.2) is 17.9 Å². The van der Waals surface area contributed by atoms with Gasteiger partial charge in [0.15, 0.2) is 0 Å². The van der Waals surface area contributed by atoms with Crippen molar-refractivity contribution in [2.24, 2.45) is 0 Å². The van der Waals surface area contributed by atoms with Gasteiger partial charge in [0, 0.05) is 19.2 Å². The molecule has 0 N–H and O–H groups in total. The largest absolute Gasteiger partial charge is 0.282 e. The van der Waals surface area contributed by atoms with E-state index in [-0.39, 0.29) is 18.2 Å². The van der Waals surface area contributed by atoms with Crippen molar-refractivity contribution in [3.63, 3.8) is 0 Å². The zero-order valence-corrected chi connectivity index (χ0v) is 12.9. The first-order valence-electron chi connectivity index (χ1n) is 6.94. The maximum Gasteiger partial charge on any atom is 0.233 e. The molecule has 3 nitrogen and oxygen atoms in total. The van der Waals surface area contributed by atoms with Crippen molar-refractivity contribution in [2.45, 2.75) is 52.4 Å². The summed E-state index contributed by atoms with van der Waals surface area (Å²) in [5.41, 5.74) is 3.00. The molecule has 0 bridgehead atoms. The fraction of sp³-hybridized carbons (Fsp3) is 0.667. The molecule has 0 radical (unpaired) electrons. The molecule has 19 heavy (non-hydrogen) atoms. The third kappa shape index (κ3) is 9.57. The van der Waals surface area contributed by atoms with Gasteiger partial charge in [-0.05, 0) is 25.0 Å². The molecule has 0 saturated carbocycles. The molecule has 108 valence electrons. The van der Waals surface area contributed by atoms with Crippen molar-refractivity contribution < 1.29 is 9.59 Å². The van der Waals surface area contributed by atoms with Crippen LogP contribution in [0.2, 0.25) is 0 Å². The Kier molecular flexibility index (Phi) is 11.4. The molecule has 0 rings (SSSR count). The van der Waals surface area contributed by atoms with Gasteiger partial charge >= 0.3 is 0 Å². The highest BCUT2D eigenvalue weighted by Gasteiger charge is 2.14. The summed E-state index contributed by atoms with van der Waals surface area (Å²) in [6, 6.07) is 0. The van der Waals surface area contributed by atoms with Gasteiger partial charge in [0.2, 0.25) is 11.8 Å². The number of rotatable bonds is 9. The molecule has 0 atom stereocenters. The van der Waals surface area contributed by atoms with Crippen LogP contribution in [0.5, 0.6) is 0 Å². The molecule has 2 amide bonds. The van der Waals surface area contributed by atoms with E-state index in [2.05, 4.69) is 25.3 Å². The van der Waals surface area contributed by atoms with Crippen molar-refractivity contribution >= 4 is 24.4 Å². The van der Waals surface area contributed by atoms with E-state index in [0.29, 0.717) is 12.3 Å². The lowest BCUT2D eigenvalue weighted by atomic mass is 10.1. The Balaban J connectivity index is 3.98. The van der Waals surface area contributed by atoms with Crippen LogP contribution in [0.25, 0.3) is 0 Å². The number of imide groups is 1. The van der Waals surface area contributed by atoms with Gasteiger partial charge in [0.1, 0.15) is 0 Å². The number of hydrogen-bond acceptors (Lipinski definition) is 3. The lowest BCUT2D eigenvalue weighted by Gasteiger charge is -2.16. The minimum Gasteiger partial charge on any atom is -0.282 e. The number of unbranched alkanes of at least 4 members (excludes halogenated alkanes) is 4. The number of hydrogen-bond donors (Lipinski definition) is 1. The van der Waals surface area contributed by atoms with E-state index in [1.165, 1.54) is 37.5 Å². The van der Waals surface area contributed by atoms with E-state index in [1.807, 2.05) is 6.08 Å². The monoisotopic (exact) mass is 283 g/mol. The summed E-state index contributed by atoms with van der Waals surface area (Å²) >= 11 is 4.04. The van der Waals surface area contributed by atoms with E-state index in [1.54, 1.807) is 6.08 Å². The summed E-state index contributed by atoms with van der Waals surface area (Å²) in [6.07, 6.45) is 9.79. The van der Waals surface area contributed by atoms with Crippen LogP contribution >= 0.6 is 12.6 Å². The summed E-state index contributed by atoms with van der Waals surface area (Å²) in [6.45, 7) is 3.95. The molecule has 0 aromatic heterocycles. The summed E-state index contributed by atoms with van der Waals surface area (Å²) in [7, 11) is 0. The van der Waals surface area contributed by atoms with Crippen molar-refractivity contribution in [1.29, 1.82) is 0 Å². The van der Waals surface area contributed by atoms with E-state index in [9.17, 15) is 9.59 Å². The maximum atomic E-state index is 11.7. The van der Waals surface area contributed by atoms with Gasteiger partial charge in [-0.2, -0.15) is 12.6 Å². The predicted octanol–water partition coefficient (Wildman–Crippen LogP) is 3.36. The molecule has 0 spiro atoms. The third-order valence-corrected chi connectivity index (χ3v) is 2.92. The fourth-order valence-corrected chi connectivity index (χ4v) is 1.85. The van der Waals surface area contributed by atoms with Gasteiger partial charge in [-0.25, -0.2) is 0 Å². The SMILES string of the molecule is CCCCCCC=C=CCC(=O)N(CCS)C(C)=O. The highest BCUT2D eigenvalue weighted by molar-refractivity contribution is 7.80. The molecule has 0 aromatic carbocycles. The number of nitrogens with zero attached hydrogens (tertiary/aromatic N) is 1. The molecule has 0 aliphatic rings. The van der Waals surface area contributed by atoms with Crippen LogP contribution in [0, 0.1) is 0 Å².